The molecule has 1 aromatic carbocycles. The van der Waals surface area contributed by atoms with E-state index in [1.165, 1.54) is 77.5 Å². The molecule has 0 aliphatic rings. The molecular weight excluding hydrogens is 556 g/mol. The average Bonchev–Trinajstić information content (AvgIpc) is 2.99. The van der Waals surface area contributed by atoms with Crippen LogP contribution in [0.5, 0.6) is 0 Å². The topological polar surface area (TPSA) is 9.23 Å². The van der Waals surface area contributed by atoms with E-state index in [0.29, 0.717) is 11.8 Å². The van der Waals surface area contributed by atoms with E-state index in [0.717, 1.165) is 58.2 Å². The number of halogens is 1. The molecule has 44 heavy (non-hydrogen) atoms. The van der Waals surface area contributed by atoms with Gasteiger partial charge < -0.3 is 4.74 Å². The number of alkyl halides is 1. The average molecular weight is 621 g/mol. The van der Waals surface area contributed by atoms with Crippen molar-refractivity contribution in [1.82, 2.24) is 0 Å². The number of hydrogen-bond donors (Lipinski definition) is 0. The summed E-state index contributed by atoms with van der Waals surface area (Å²) in [6, 6.07) is 10.4. The predicted octanol–water partition coefficient (Wildman–Crippen LogP) is 13.8. The molecule has 0 saturated carbocycles. The first-order valence-electron chi connectivity index (χ1n) is 17.3. The fourth-order valence-corrected chi connectivity index (χ4v) is 5.21. The van der Waals surface area contributed by atoms with Gasteiger partial charge >= 0.3 is 0 Å². The first-order valence-corrected chi connectivity index (χ1v) is 17.8. The second-order valence-electron chi connectivity index (χ2n) is 13.1. The van der Waals surface area contributed by atoms with Crippen LogP contribution in [0, 0.1) is 5.92 Å². The van der Waals surface area contributed by atoms with Gasteiger partial charge in [0.25, 0.3) is 0 Å². The summed E-state index contributed by atoms with van der Waals surface area (Å²) < 4.78 is 5.86. The van der Waals surface area contributed by atoms with Gasteiger partial charge in [0.15, 0.2) is 0 Å². The fourth-order valence-electron chi connectivity index (χ4n) is 5.10. The van der Waals surface area contributed by atoms with Crippen molar-refractivity contribution in [2.75, 3.05) is 12.5 Å². The Balaban J connectivity index is 2.15. The SMILES string of the molecule is CC(=CCCC(C)=CCCC(C)=CCCC(C)=CCCC(C)=CCCC(C)=CCCC(C)CCOCc1ccccc1)CCl. The lowest BCUT2D eigenvalue weighted by atomic mass is 10.00. The lowest BCUT2D eigenvalue weighted by Gasteiger charge is -2.11. The summed E-state index contributed by atoms with van der Waals surface area (Å²) in [5.74, 6) is 1.35. The standard InChI is InChI=1S/C42H65ClO/c1-35(18-12-20-37(3)22-14-24-39(5)26-16-28-41(7)33-43)17-11-19-36(2)21-13-23-38(4)25-15-27-40(6)31-32-44-34-42-29-9-8-10-30-42/h8-10,17,20-21,24-25,28-30,40H,11-16,18-19,22-23,26-27,31-34H2,1-7H3. The molecule has 0 fully saturated rings. The third-order valence-electron chi connectivity index (χ3n) is 8.39. The molecule has 0 aromatic heterocycles. The van der Waals surface area contributed by atoms with Gasteiger partial charge in [-0.25, -0.2) is 0 Å². The first-order chi connectivity index (χ1) is 21.2. The smallest absolute Gasteiger partial charge is 0.0716 e. The van der Waals surface area contributed by atoms with E-state index in [4.69, 9.17) is 16.3 Å². The Kier molecular flexibility index (Phi) is 23.7. The highest BCUT2D eigenvalue weighted by Gasteiger charge is 2.02. The predicted molar refractivity (Wildman–Crippen MR) is 199 cm³/mol. The zero-order valence-corrected chi connectivity index (χ0v) is 30.3. The number of benzene rings is 1. The summed E-state index contributed by atoms with van der Waals surface area (Å²) in [4.78, 5) is 0. The van der Waals surface area contributed by atoms with Crippen molar-refractivity contribution >= 4 is 11.6 Å². The Morgan fingerprint density at radius 1 is 0.568 bits per heavy atom. The van der Waals surface area contributed by atoms with Gasteiger partial charge in [0.05, 0.1) is 6.61 Å². The molecule has 1 unspecified atom stereocenters. The summed E-state index contributed by atoms with van der Waals surface area (Å²) in [7, 11) is 0. The molecule has 0 radical (unpaired) electrons. The summed E-state index contributed by atoms with van der Waals surface area (Å²) in [6.07, 6.45) is 29.6. The Hall–Kier alpha value is -2.09. The van der Waals surface area contributed by atoms with E-state index in [1.807, 2.05) is 0 Å². The molecule has 0 saturated heterocycles. The fraction of sp³-hybridized carbons (Fsp3) is 0.571. The van der Waals surface area contributed by atoms with Crippen molar-refractivity contribution in [3.8, 4) is 0 Å². The summed E-state index contributed by atoms with van der Waals surface area (Å²) in [5.41, 5.74) is 10.1. The van der Waals surface area contributed by atoms with Crippen molar-refractivity contribution in [3.63, 3.8) is 0 Å². The van der Waals surface area contributed by atoms with Gasteiger partial charge in [0.1, 0.15) is 0 Å². The molecule has 0 heterocycles. The van der Waals surface area contributed by atoms with E-state index >= 15 is 0 Å². The molecular formula is C42H65ClO. The highest BCUT2D eigenvalue weighted by Crippen LogP contribution is 2.17. The zero-order chi connectivity index (χ0) is 32.4. The van der Waals surface area contributed by atoms with Crippen molar-refractivity contribution in [2.24, 2.45) is 5.92 Å². The Labute approximate surface area is 278 Å². The molecule has 0 spiro atoms. The number of allylic oxidation sites excluding steroid dienone is 12. The second-order valence-corrected chi connectivity index (χ2v) is 13.4. The molecule has 0 bridgehead atoms. The van der Waals surface area contributed by atoms with Gasteiger partial charge in [-0.3, -0.25) is 0 Å². The largest absolute Gasteiger partial charge is 0.377 e. The van der Waals surface area contributed by atoms with Gasteiger partial charge in [-0.1, -0.05) is 107 Å². The van der Waals surface area contributed by atoms with E-state index < -0.39 is 0 Å². The molecule has 2 heteroatoms. The lowest BCUT2D eigenvalue weighted by molar-refractivity contribution is 0.108. The van der Waals surface area contributed by atoms with Gasteiger partial charge in [-0.2, -0.15) is 0 Å². The highest BCUT2D eigenvalue weighted by molar-refractivity contribution is 6.19. The van der Waals surface area contributed by atoms with Crippen molar-refractivity contribution in [1.29, 1.82) is 0 Å². The van der Waals surface area contributed by atoms with Crippen molar-refractivity contribution in [3.05, 3.63) is 106 Å². The lowest BCUT2D eigenvalue weighted by Crippen LogP contribution is -2.02. The first kappa shape index (κ1) is 39.9. The normalized spacial score (nSPS) is 14.8. The zero-order valence-electron chi connectivity index (χ0n) is 29.5. The summed E-state index contributed by atoms with van der Waals surface area (Å²) >= 11 is 5.85. The van der Waals surface area contributed by atoms with Gasteiger partial charge in [0.2, 0.25) is 0 Å². The minimum absolute atomic E-state index is 0.643. The minimum Gasteiger partial charge on any atom is -0.377 e. The minimum atomic E-state index is 0.643. The maximum Gasteiger partial charge on any atom is 0.0716 e. The van der Waals surface area contributed by atoms with Gasteiger partial charge in [0, 0.05) is 12.5 Å². The van der Waals surface area contributed by atoms with Crippen LogP contribution in [0.3, 0.4) is 0 Å². The highest BCUT2D eigenvalue weighted by atomic mass is 35.5. The molecule has 1 nitrogen and oxygen atoms in total. The van der Waals surface area contributed by atoms with Crippen LogP contribution in [0.25, 0.3) is 0 Å². The van der Waals surface area contributed by atoms with Crippen LogP contribution in [-0.4, -0.2) is 12.5 Å². The number of hydrogen-bond acceptors (Lipinski definition) is 1. The van der Waals surface area contributed by atoms with Gasteiger partial charge in [-0.15, -0.1) is 11.6 Å². The van der Waals surface area contributed by atoms with Crippen LogP contribution in [-0.2, 0) is 11.3 Å². The molecule has 1 aromatic rings. The Bertz CT molecular complexity index is 1070. The Morgan fingerprint density at radius 2 is 0.955 bits per heavy atom. The van der Waals surface area contributed by atoms with Gasteiger partial charge in [-0.05, 0) is 136 Å². The maximum atomic E-state index is 5.86. The van der Waals surface area contributed by atoms with Crippen LogP contribution in [0.15, 0.2) is 100 Å². The van der Waals surface area contributed by atoms with E-state index in [-0.39, 0.29) is 0 Å². The molecule has 1 atom stereocenters. The summed E-state index contributed by atoms with van der Waals surface area (Å²) in [6.45, 7) is 17.4. The maximum absolute atomic E-state index is 5.86. The van der Waals surface area contributed by atoms with Crippen LogP contribution in [0.1, 0.15) is 138 Å². The van der Waals surface area contributed by atoms with Crippen molar-refractivity contribution in [2.45, 2.75) is 139 Å². The molecule has 0 aliphatic carbocycles. The van der Waals surface area contributed by atoms with E-state index in [2.05, 4.69) is 115 Å². The van der Waals surface area contributed by atoms with Crippen molar-refractivity contribution < 1.29 is 4.74 Å². The van der Waals surface area contributed by atoms with E-state index in [9.17, 15) is 0 Å². The molecule has 0 N–H and O–H groups in total. The number of ether oxygens (including phenoxy) is 1. The number of rotatable bonds is 24. The molecule has 1 rings (SSSR count). The molecule has 0 amide bonds. The molecule has 246 valence electrons. The van der Waals surface area contributed by atoms with Crippen LogP contribution in [0.2, 0.25) is 0 Å². The second kappa shape index (κ2) is 26.2. The quantitative estimate of drug-likeness (QED) is 0.0634. The monoisotopic (exact) mass is 620 g/mol. The summed E-state index contributed by atoms with van der Waals surface area (Å²) in [5, 5.41) is 0. The van der Waals surface area contributed by atoms with Crippen LogP contribution in [0.4, 0.5) is 0 Å². The third-order valence-corrected chi connectivity index (χ3v) is 8.81. The van der Waals surface area contributed by atoms with Crippen LogP contribution >= 0.6 is 11.6 Å². The Morgan fingerprint density at radius 3 is 1.36 bits per heavy atom. The molecule has 0 aliphatic heterocycles. The third kappa shape index (κ3) is 23.3. The van der Waals surface area contributed by atoms with Crippen LogP contribution < -0.4 is 0 Å². The van der Waals surface area contributed by atoms with E-state index in [1.54, 1.807) is 0 Å².